The molecular formula is C25H28ClN3O3. The van der Waals surface area contributed by atoms with Gasteiger partial charge in [-0.2, -0.15) is 0 Å². The number of nitrogens with zero attached hydrogens (tertiary/aromatic N) is 1. The smallest absolute Gasteiger partial charge is 0.250 e. The maximum atomic E-state index is 13.5. The lowest BCUT2D eigenvalue weighted by atomic mass is 10.0. The predicted molar refractivity (Wildman–Crippen MR) is 123 cm³/mol. The number of benzene rings is 2. The lowest BCUT2D eigenvalue weighted by Gasteiger charge is -2.29. The molecule has 1 saturated heterocycles. The molecule has 1 aliphatic carbocycles. The highest BCUT2D eigenvalue weighted by molar-refractivity contribution is 6.31. The van der Waals surface area contributed by atoms with Crippen LogP contribution in [0.25, 0.3) is 0 Å². The van der Waals surface area contributed by atoms with Crippen molar-refractivity contribution in [2.24, 2.45) is 5.92 Å². The van der Waals surface area contributed by atoms with Gasteiger partial charge in [0.1, 0.15) is 12.1 Å². The molecule has 0 bridgehead atoms. The highest BCUT2D eigenvalue weighted by Gasteiger charge is 2.39. The Morgan fingerprint density at radius 1 is 0.969 bits per heavy atom. The van der Waals surface area contributed by atoms with Gasteiger partial charge in [-0.15, -0.1) is 0 Å². The molecule has 2 atom stereocenters. The Morgan fingerprint density at radius 3 is 2.41 bits per heavy atom. The van der Waals surface area contributed by atoms with Gasteiger partial charge >= 0.3 is 0 Å². The molecule has 2 fully saturated rings. The Morgan fingerprint density at radius 2 is 1.69 bits per heavy atom. The van der Waals surface area contributed by atoms with E-state index in [0.717, 1.165) is 30.4 Å². The third-order valence-corrected chi connectivity index (χ3v) is 6.47. The lowest BCUT2D eigenvalue weighted by molar-refractivity contribution is -0.141. The summed E-state index contributed by atoms with van der Waals surface area (Å²) in [5, 5.41) is 6.56. The summed E-state index contributed by atoms with van der Waals surface area (Å²) < 4.78 is 0. The second-order valence-corrected chi connectivity index (χ2v) is 8.86. The fourth-order valence-electron chi connectivity index (χ4n) is 4.15. The lowest BCUT2D eigenvalue weighted by Crippen LogP contribution is -2.50. The van der Waals surface area contributed by atoms with Gasteiger partial charge in [0.15, 0.2) is 0 Å². The molecule has 4 rings (SSSR count). The fourth-order valence-corrected chi connectivity index (χ4v) is 4.38. The Hall–Kier alpha value is -2.86. The molecule has 1 saturated carbocycles. The van der Waals surface area contributed by atoms with Crippen LogP contribution < -0.4 is 10.6 Å². The molecule has 2 aromatic carbocycles. The number of amides is 3. The van der Waals surface area contributed by atoms with E-state index in [2.05, 4.69) is 10.6 Å². The first kappa shape index (κ1) is 22.3. The van der Waals surface area contributed by atoms with Gasteiger partial charge in [-0.3, -0.25) is 14.4 Å². The van der Waals surface area contributed by atoms with E-state index in [1.54, 1.807) is 4.90 Å². The molecule has 0 unspecified atom stereocenters. The second kappa shape index (κ2) is 10.2. The highest BCUT2D eigenvalue weighted by atomic mass is 35.5. The van der Waals surface area contributed by atoms with E-state index < -0.39 is 12.1 Å². The first-order valence-electron chi connectivity index (χ1n) is 11.2. The molecule has 0 radical (unpaired) electrons. The van der Waals surface area contributed by atoms with E-state index in [4.69, 9.17) is 11.6 Å². The van der Waals surface area contributed by atoms with Crippen LogP contribution in [0.4, 0.5) is 0 Å². The van der Waals surface area contributed by atoms with Crippen LogP contribution in [0.2, 0.25) is 5.02 Å². The number of hydrogen-bond donors (Lipinski definition) is 2. The summed E-state index contributed by atoms with van der Waals surface area (Å²) in [6, 6.07) is 15.5. The quantitative estimate of drug-likeness (QED) is 0.644. The van der Waals surface area contributed by atoms with Crippen molar-refractivity contribution in [1.29, 1.82) is 0 Å². The number of carbonyl (C=O) groups excluding carboxylic acids is 3. The normalized spacial score (nSPS) is 18.8. The van der Waals surface area contributed by atoms with Crippen molar-refractivity contribution in [1.82, 2.24) is 15.5 Å². The summed E-state index contributed by atoms with van der Waals surface area (Å²) in [4.78, 5) is 40.5. The monoisotopic (exact) mass is 453 g/mol. The molecule has 1 aliphatic heterocycles. The molecule has 2 aromatic rings. The maximum absolute atomic E-state index is 13.5. The van der Waals surface area contributed by atoms with E-state index in [1.165, 1.54) is 0 Å². The first-order chi connectivity index (χ1) is 15.5. The number of nitrogens with one attached hydrogen (secondary N) is 2. The molecule has 2 aliphatic rings. The SMILES string of the molecule is O=C(N[C@H](C(=O)N1CCC[C@H]1C(=O)NCCc1ccccc1Cl)c1ccccc1)C1CC1. The minimum absolute atomic E-state index is 0.00324. The Labute approximate surface area is 193 Å². The van der Waals surface area contributed by atoms with Gasteiger partial charge in [0.05, 0.1) is 0 Å². The first-order valence-corrected chi connectivity index (χ1v) is 11.6. The average molecular weight is 454 g/mol. The third-order valence-electron chi connectivity index (χ3n) is 6.10. The van der Waals surface area contributed by atoms with Gasteiger partial charge in [0, 0.05) is 24.0 Å². The van der Waals surface area contributed by atoms with Crippen molar-refractivity contribution in [2.75, 3.05) is 13.1 Å². The molecule has 2 N–H and O–H groups in total. The summed E-state index contributed by atoms with van der Waals surface area (Å²) in [5.41, 5.74) is 1.71. The molecule has 6 nitrogen and oxygen atoms in total. The molecule has 7 heteroatoms. The summed E-state index contributed by atoms with van der Waals surface area (Å²) in [5.74, 6) is -0.485. The van der Waals surface area contributed by atoms with E-state index in [9.17, 15) is 14.4 Å². The van der Waals surface area contributed by atoms with Crippen molar-refractivity contribution in [3.8, 4) is 0 Å². The highest BCUT2D eigenvalue weighted by Crippen LogP contribution is 2.31. The van der Waals surface area contributed by atoms with Gasteiger partial charge in [-0.25, -0.2) is 0 Å². The van der Waals surface area contributed by atoms with E-state index >= 15 is 0 Å². The van der Waals surface area contributed by atoms with Gasteiger partial charge < -0.3 is 15.5 Å². The summed E-state index contributed by atoms with van der Waals surface area (Å²) in [6.45, 7) is 0.950. The molecule has 0 spiro atoms. The van der Waals surface area contributed by atoms with E-state index in [1.807, 2.05) is 54.6 Å². The topological polar surface area (TPSA) is 78.5 Å². The van der Waals surface area contributed by atoms with Crippen LogP contribution in [0, 0.1) is 5.92 Å². The van der Waals surface area contributed by atoms with Crippen LogP contribution in [0.5, 0.6) is 0 Å². The van der Waals surface area contributed by atoms with Gasteiger partial charge in [0.25, 0.3) is 0 Å². The molecule has 0 aromatic heterocycles. The third kappa shape index (κ3) is 5.30. The predicted octanol–water partition coefficient (Wildman–Crippen LogP) is 3.26. The number of halogens is 1. The summed E-state index contributed by atoms with van der Waals surface area (Å²) in [7, 11) is 0. The summed E-state index contributed by atoms with van der Waals surface area (Å²) >= 11 is 6.19. The molecule has 168 valence electrons. The van der Waals surface area contributed by atoms with Crippen molar-refractivity contribution in [2.45, 2.75) is 44.2 Å². The van der Waals surface area contributed by atoms with Crippen LogP contribution >= 0.6 is 11.6 Å². The van der Waals surface area contributed by atoms with Crippen LogP contribution in [0.3, 0.4) is 0 Å². The van der Waals surface area contributed by atoms with Crippen molar-refractivity contribution in [3.63, 3.8) is 0 Å². The average Bonchev–Trinajstić information content (AvgIpc) is 3.55. The largest absolute Gasteiger partial charge is 0.354 e. The van der Waals surface area contributed by atoms with Crippen LogP contribution in [0.1, 0.15) is 42.9 Å². The van der Waals surface area contributed by atoms with Crippen LogP contribution in [-0.2, 0) is 20.8 Å². The Bertz CT molecular complexity index is 977. The van der Waals surface area contributed by atoms with E-state index in [0.29, 0.717) is 31.0 Å². The standard InChI is InChI=1S/C25H28ClN3O3/c26-20-10-5-4-7-17(20)14-15-27-24(31)21-11-6-16-29(21)25(32)22(18-8-2-1-3-9-18)28-23(30)19-12-13-19/h1-5,7-10,19,21-22H,6,11-16H2,(H,27,31)(H,28,30)/t21-,22-/m0/s1. The van der Waals surface area contributed by atoms with Crippen molar-refractivity contribution in [3.05, 3.63) is 70.7 Å². The number of likely N-dealkylation sites (tertiary alicyclic amines) is 1. The van der Waals surface area contributed by atoms with Gasteiger partial charge in [-0.05, 0) is 49.3 Å². The van der Waals surface area contributed by atoms with Crippen molar-refractivity contribution < 1.29 is 14.4 Å². The number of carbonyl (C=O) groups is 3. The molecular weight excluding hydrogens is 426 g/mol. The second-order valence-electron chi connectivity index (χ2n) is 8.45. The zero-order valence-electron chi connectivity index (χ0n) is 17.9. The zero-order chi connectivity index (χ0) is 22.5. The Kier molecular flexibility index (Phi) is 7.10. The van der Waals surface area contributed by atoms with Crippen molar-refractivity contribution >= 4 is 29.3 Å². The summed E-state index contributed by atoms with van der Waals surface area (Å²) in [6.07, 6.45) is 3.72. The molecule has 1 heterocycles. The van der Waals surface area contributed by atoms with Gasteiger partial charge in [-0.1, -0.05) is 60.1 Å². The van der Waals surface area contributed by atoms with E-state index in [-0.39, 0.29) is 23.6 Å². The van der Waals surface area contributed by atoms with Crippen LogP contribution in [-0.4, -0.2) is 41.8 Å². The minimum atomic E-state index is -0.777. The Balaban J connectivity index is 1.41. The fraction of sp³-hybridized carbons (Fsp3) is 0.400. The molecule has 32 heavy (non-hydrogen) atoms. The molecule has 3 amide bonds. The number of rotatable bonds is 8. The van der Waals surface area contributed by atoms with Crippen LogP contribution in [0.15, 0.2) is 54.6 Å². The minimum Gasteiger partial charge on any atom is -0.354 e. The maximum Gasteiger partial charge on any atom is 0.250 e. The zero-order valence-corrected chi connectivity index (χ0v) is 18.7. The number of hydrogen-bond acceptors (Lipinski definition) is 3. The van der Waals surface area contributed by atoms with Gasteiger partial charge in [0.2, 0.25) is 17.7 Å².